The first-order valence-electron chi connectivity index (χ1n) is 11.8. The number of carbonyl (C=O) groups is 2. The van der Waals surface area contributed by atoms with Crippen LogP contribution in [0.1, 0.15) is 29.5 Å². The number of carboxylic acids is 1. The number of anilines is 1. The van der Waals surface area contributed by atoms with Gasteiger partial charge in [-0.15, -0.1) is 0 Å². The second-order valence-electron chi connectivity index (χ2n) is 9.18. The lowest BCUT2D eigenvalue weighted by molar-refractivity contribution is -0.192. The van der Waals surface area contributed by atoms with Crippen molar-refractivity contribution in [3.8, 4) is 0 Å². The molecule has 5 rings (SSSR count). The molecule has 2 aliphatic rings. The number of hydrogen-bond donors (Lipinski definition) is 1. The highest BCUT2D eigenvalue weighted by Crippen LogP contribution is 2.48. The second kappa shape index (κ2) is 10.7. The number of carbonyl (C=O) groups excluding carboxylic acids is 1. The van der Waals surface area contributed by atoms with Crippen LogP contribution in [0.5, 0.6) is 0 Å². The van der Waals surface area contributed by atoms with Crippen molar-refractivity contribution in [2.75, 3.05) is 18.0 Å². The molecule has 0 radical (unpaired) electrons. The van der Waals surface area contributed by atoms with Crippen molar-refractivity contribution < 1.29 is 32.3 Å². The van der Waals surface area contributed by atoms with Crippen molar-refractivity contribution in [3.63, 3.8) is 0 Å². The van der Waals surface area contributed by atoms with Crippen molar-refractivity contribution >= 4 is 17.6 Å². The van der Waals surface area contributed by atoms with Crippen LogP contribution in [0.25, 0.3) is 0 Å². The van der Waals surface area contributed by atoms with E-state index in [1.54, 1.807) is 0 Å². The zero-order valence-corrected chi connectivity index (χ0v) is 19.9. The van der Waals surface area contributed by atoms with Crippen LogP contribution >= 0.6 is 0 Å². The van der Waals surface area contributed by atoms with E-state index in [1.807, 2.05) is 47.4 Å². The maximum absolute atomic E-state index is 13.7. The monoisotopic (exact) mass is 514 g/mol. The Balaban J connectivity index is 0.000000405. The number of likely N-dealkylation sites (tertiary alicyclic amines) is 1. The first-order valence-corrected chi connectivity index (χ1v) is 11.8. The average Bonchev–Trinajstić information content (AvgIpc) is 3.10. The predicted octanol–water partition coefficient (Wildman–Crippen LogP) is 5.54. The molecule has 5 nitrogen and oxygen atoms in total. The zero-order valence-electron chi connectivity index (χ0n) is 19.9. The van der Waals surface area contributed by atoms with E-state index in [9.17, 15) is 22.4 Å². The van der Waals surface area contributed by atoms with Gasteiger partial charge in [0.25, 0.3) is 0 Å². The number of carboxylic acid groups (broad SMARTS) is 1. The SMILES string of the molecule is O=C(O)C(F)(F)F.O=C1N(Cc2ccccc2)c2ccccc2C12CCN(Cc1ccc(F)cc1)CC2. The van der Waals surface area contributed by atoms with Gasteiger partial charge in [0.1, 0.15) is 5.82 Å². The van der Waals surface area contributed by atoms with E-state index in [-0.39, 0.29) is 11.7 Å². The van der Waals surface area contributed by atoms with Gasteiger partial charge >= 0.3 is 12.1 Å². The molecule has 0 aromatic heterocycles. The Morgan fingerprint density at radius 1 is 0.838 bits per heavy atom. The van der Waals surface area contributed by atoms with Crippen molar-refractivity contribution in [2.24, 2.45) is 0 Å². The molecular formula is C28H26F4N2O3. The van der Waals surface area contributed by atoms with E-state index in [4.69, 9.17) is 9.90 Å². The Kier molecular flexibility index (Phi) is 7.63. The van der Waals surface area contributed by atoms with Crippen LogP contribution in [0, 0.1) is 5.82 Å². The fourth-order valence-corrected chi connectivity index (χ4v) is 4.94. The summed E-state index contributed by atoms with van der Waals surface area (Å²) >= 11 is 0. The summed E-state index contributed by atoms with van der Waals surface area (Å²) in [7, 11) is 0. The van der Waals surface area contributed by atoms with Crippen molar-refractivity contribution in [1.29, 1.82) is 0 Å². The Bertz CT molecular complexity index is 1240. The molecule has 37 heavy (non-hydrogen) atoms. The summed E-state index contributed by atoms with van der Waals surface area (Å²) in [4.78, 5) is 26.9. The van der Waals surface area contributed by atoms with E-state index < -0.39 is 17.6 Å². The second-order valence-corrected chi connectivity index (χ2v) is 9.18. The van der Waals surface area contributed by atoms with Gasteiger partial charge in [0, 0.05) is 12.2 Å². The summed E-state index contributed by atoms with van der Waals surface area (Å²) in [5.74, 6) is -2.73. The van der Waals surface area contributed by atoms with Gasteiger partial charge in [0.2, 0.25) is 5.91 Å². The van der Waals surface area contributed by atoms with Crippen LogP contribution in [0.15, 0.2) is 78.9 Å². The molecule has 3 aromatic rings. The number of piperidine rings is 1. The first-order chi connectivity index (χ1) is 17.6. The summed E-state index contributed by atoms with van der Waals surface area (Å²) in [6, 6.07) is 25.2. The number of hydrogen-bond acceptors (Lipinski definition) is 3. The Morgan fingerprint density at radius 2 is 1.38 bits per heavy atom. The van der Waals surface area contributed by atoms with Crippen molar-refractivity contribution in [3.05, 3.63) is 101 Å². The maximum Gasteiger partial charge on any atom is 0.490 e. The van der Waals surface area contributed by atoms with Gasteiger partial charge < -0.3 is 10.0 Å². The number of aliphatic carboxylic acids is 1. The lowest BCUT2D eigenvalue weighted by atomic mass is 9.73. The van der Waals surface area contributed by atoms with Gasteiger partial charge in [-0.25, -0.2) is 9.18 Å². The van der Waals surface area contributed by atoms with Crippen LogP contribution in [0.2, 0.25) is 0 Å². The molecule has 1 fully saturated rings. The minimum absolute atomic E-state index is 0.206. The quantitative estimate of drug-likeness (QED) is 0.465. The third-order valence-electron chi connectivity index (χ3n) is 6.82. The Morgan fingerprint density at radius 3 is 1.97 bits per heavy atom. The van der Waals surface area contributed by atoms with Crippen molar-refractivity contribution in [2.45, 2.75) is 37.5 Å². The smallest absolute Gasteiger partial charge is 0.475 e. The first kappa shape index (κ1) is 26.3. The van der Waals surface area contributed by atoms with Gasteiger partial charge in [-0.05, 0) is 60.8 Å². The number of benzene rings is 3. The molecule has 2 heterocycles. The molecule has 3 aromatic carbocycles. The molecule has 1 N–H and O–H groups in total. The normalized spacial score (nSPS) is 16.8. The molecule has 1 spiro atoms. The molecule has 194 valence electrons. The van der Waals surface area contributed by atoms with Crippen LogP contribution in [0.4, 0.5) is 23.2 Å². The molecule has 0 aliphatic carbocycles. The van der Waals surface area contributed by atoms with Crippen LogP contribution in [0.3, 0.4) is 0 Å². The highest BCUT2D eigenvalue weighted by Gasteiger charge is 2.51. The molecular weight excluding hydrogens is 488 g/mol. The largest absolute Gasteiger partial charge is 0.490 e. The third-order valence-corrected chi connectivity index (χ3v) is 6.82. The van der Waals surface area contributed by atoms with Gasteiger partial charge in [-0.1, -0.05) is 60.7 Å². The van der Waals surface area contributed by atoms with E-state index in [1.165, 1.54) is 17.7 Å². The van der Waals surface area contributed by atoms with Gasteiger partial charge in [-0.3, -0.25) is 9.69 Å². The van der Waals surface area contributed by atoms with Gasteiger partial charge in [-0.2, -0.15) is 13.2 Å². The number of rotatable bonds is 4. The molecule has 1 saturated heterocycles. The standard InChI is InChI=1S/C26H25FN2O.C2HF3O2/c27-22-12-10-21(11-13-22)18-28-16-14-26(15-17-28)23-8-4-5-9-24(23)29(25(26)30)19-20-6-2-1-3-7-20;3-2(4,5)1(6)7/h1-13H,14-19H2;(H,6,7). The van der Waals surface area contributed by atoms with Crippen LogP contribution in [-0.4, -0.2) is 41.1 Å². The number of fused-ring (bicyclic) bond motifs is 2. The number of amides is 1. The fourth-order valence-electron chi connectivity index (χ4n) is 4.94. The van der Waals surface area contributed by atoms with Crippen LogP contribution < -0.4 is 4.90 Å². The molecule has 0 saturated carbocycles. The predicted molar refractivity (Wildman–Crippen MR) is 130 cm³/mol. The van der Waals surface area contributed by atoms with Crippen LogP contribution in [-0.2, 0) is 28.1 Å². The fraction of sp³-hybridized carbons (Fsp3) is 0.286. The summed E-state index contributed by atoms with van der Waals surface area (Å²) in [5.41, 5.74) is 4.05. The molecule has 0 unspecified atom stereocenters. The topological polar surface area (TPSA) is 60.9 Å². The Hall–Kier alpha value is -3.72. The minimum Gasteiger partial charge on any atom is -0.475 e. The van der Waals surface area contributed by atoms with Gasteiger partial charge in [0.15, 0.2) is 0 Å². The molecule has 9 heteroatoms. The third kappa shape index (κ3) is 5.83. The summed E-state index contributed by atoms with van der Waals surface area (Å²) < 4.78 is 44.9. The van der Waals surface area contributed by atoms with E-state index >= 15 is 0 Å². The minimum atomic E-state index is -5.08. The number of halogens is 4. The van der Waals surface area contributed by atoms with E-state index in [0.717, 1.165) is 49.3 Å². The lowest BCUT2D eigenvalue weighted by Gasteiger charge is -2.38. The van der Waals surface area contributed by atoms with Gasteiger partial charge in [0.05, 0.1) is 12.0 Å². The number of nitrogens with zero attached hydrogens (tertiary/aromatic N) is 2. The maximum atomic E-state index is 13.7. The summed E-state index contributed by atoms with van der Waals surface area (Å²) in [6.45, 7) is 3.12. The molecule has 1 amide bonds. The highest BCUT2D eigenvalue weighted by molar-refractivity contribution is 6.08. The summed E-state index contributed by atoms with van der Waals surface area (Å²) in [5, 5.41) is 7.12. The zero-order chi connectivity index (χ0) is 26.6. The molecule has 0 atom stereocenters. The van der Waals surface area contributed by atoms with Crippen molar-refractivity contribution in [1.82, 2.24) is 4.90 Å². The molecule has 2 aliphatic heterocycles. The average molecular weight is 515 g/mol. The number of alkyl halides is 3. The molecule has 0 bridgehead atoms. The highest BCUT2D eigenvalue weighted by atomic mass is 19.4. The Labute approximate surface area is 211 Å². The van der Waals surface area contributed by atoms with E-state index in [0.29, 0.717) is 6.54 Å². The summed E-state index contributed by atoms with van der Waals surface area (Å²) in [6.07, 6.45) is -3.45. The van der Waals surface area contributed by atoms with E-state index in [2.05, 4.69) is 29.2 Å². The lowest BCUT2D eigenvalue weighted by Crippen LogP contribution is -2.48. The number of para-hydroxylation sites is 1.